The molecule has 0 unspecified atom stereocenters. The molecule has 0 aliphatic carbocycles. The van der Waals surface area contributed by atoms with Gasteiger partial charge in [0.25, 0.3) is 0 Å². The predicted molar refractivity (Wildman–Crippen MR) is 59.7 cm³/mol. The second kappa shape index (κ2) is 4.75. The molecule has 0 atom stereocenters. The molecule has 2 rings (SSSR count). The number of hydrogen-bond acceptors (Lipinski definition) is 2. The Morgan fingerprint density at radius 2 is 2.00 bits per heavy atom. The fourth-order valence-electron chi connectivity index (χ4n) is 1.36. The standard InChI is InChI=1S/C13H12FNO/c1-10-7-12(14)13(8-15-10)16-9-11-5-3-2-4-6-11/h2-8H,9H2,1H3. The highest BCUT2D eigenvalue weighted by atomic mass is 19.1. The molecule has 0 aliphatic rings. The van der Waals surface area contributed by atoms with Gasteiger partial charge in [-0.3, -0.25) is 4.98 Å². The van der Waals surface area contributed by atoms with Crippen molar-refractivity contribution in [2.75, 3.05) is 0 Å². The van der Waals surface area contributed by atoms with Gasteiger partial charge in [0.2, 0.25) is 0 Å². The van der Waals surface area contributed by atoms with Crippen molar-refractivity contribution >= 4 is 0 Å². The van der Waals surface area contributed by atoms with Crippen molar-refractivity contribution in [2.24, 2.45) is 0 Å². The summed E-state index contributed by atoms with van der Waals surface area (Å²) in [6, 6.07) is 11.0. The van der Waals surface area contributed by atoms with Gasteiger partial charge in [-0.05, 0) is 18.6 Å². The zero-order chi connectivity index (χ0) is 11.4. The van der Waals surface area contributed by atoms with Crippen LogP contribution in [0.3, 0.4) is 0 Å². The number of nitrogens with zero attached hydrogens (tertiary/aromatic N) is 1. The van der Waals surface area contributed by atoms with E-state index >= 15 is 0 Å². The molecule has 3 heteroatoms. The number of rotatable bonds is 3. The first-order chi connectivity index (χ1) is 7.75. The monoisotopic (exact) mass is 217 g/mol. The fraction of sp³-hybridized carbons (Fsp3) is 0.154. The highest BCUT2D eigenvalue weighted by Crippen LogP contribution is 2.17. The lowest BCUT2D eigenvalue weighted by atomic mass is 10.2. The normalized spacial score (nSPS) is 10.1. The first-order valence-corrected chi connectivity index (χ1v) is 5.04. The summed E-state index contributed by atoms with van der Waals surface area (Å²) in [5.41, 5.74) is 1.65. The van der Waals surface area contributed by atoms with E-state index in [1.165, 1.54) is 12.3 Å². The number of halogens is 1. The van der Waals surface area contributed by atoms with Gasteiger partial charge in [0.1, 0.15) is 6.61 Å². The van der Waals surface area contributed by atoms with Crippen LogP contribution in [0.15, 0.2) is 42.6 Å². The van der Waals surface area contributed by atoms with E-state index in [2.05, 4.69) is 4.98 Å². The van der Waals surface area contributed by atoms with E-state index in [0.29, 0.717) is 12.3 Å². The number of hydrogen-bond donors (Lipinski definition) is 0. The summed E-state index contributed by atoms with van der Waals surface area (Å²) in [5.74, 6) is -0.183. The Bertz CT molecular complexity index is 471. The van der Waals surface area contributed by atoms with Crippen molar-refractivity contribution in [3.63, 3.8) is 0 Å². The van der Waals surface area contributed by atoms with E-state index in [-0.39, 0.29) is 11.6 Å². The van der Waals surface area contributed by atoms with Crippen LogP contribution in [0.2, 0.25) is 0 Å². The SMILES string of the molecule is Cc1cc(F)c(OCc2ccccc2)cn1. The minimum absolute atomic E-state index is 0.189. The molecule has 1 aromatic carbocycles. The maximum absolute atomic E-state index is 13.4. The third-order valence-corrected chi connectivity index (χ3v) is 2.19. The second-order valence-corrected chi connectivity index (χ2v) is 3.53. The molecule has 16 heavy (non-hydrogen) atoms. The molecule has 0 aliphatic heterocycles. The van der Waals surface area contributed by atoms with Crippen molar-refractivity contribution in [1.82, 2.24) is 4.98 Å². The van der Waals surface area contributed by atoms with Gasteiger partial charge in [0, 0.05) is 5.69 Å². The molecular formula is C13H12FNO. The quantitative estimate of drug-likeness (QED) is 0.788. The lowest BCUT2D eigenvalue weighted by molar-refractivity contribution is 0.288. The number of aromatic nitrogens is 1. The highest BCUT2D eigenvalue weighted by molar-refractivity contribution is 5.23. The Morgan fingerprint density at radius 1 is 1.25 bits per heavy atom. The average Bonchev–Trinajstić information content (AvgIpc) is 2.29. The summed E-state index contributed by atoms with van der Waals surface area (Å²) < 4.78 is 18.7. The van der Waals surface area contributed by atoms with Crippen molar-refractivity contribution in [1.29, 1.82) is 0 Å². The Balaban J connectivity index is 2.05. The predicted octanol–water partition coefficient (Wildman–Crippen LogP) is 3.11. The molecule has 0 amide bonds. The van der Waals surface area contributed by atoms with Gasteiger partial charge in [-0.25, -0.2) is 4.39 Å². The summed E-state index contributed by atoms with van der Waals surface area (Å²) in [6.45, 7) is 2.09. The van der Waals surface area contributed by atoms with Gasteiger partial charge in [-0.1, -0.05) is 30.3 Å². The van der Waals surface area contributed by atoms with Gasteiger partial charge >= 0.3 is 0 Å². The van der Waals surface area contributed by atoms with Gasteiger partial charge in [-0.2, -0.15) is 0 Å². The highest BCUT2D eigenvalue weighted by Gasteiger charge is 2.04. The molecule has 0 bridgehead atoms. The minimum atomic E-state index is -0.372. The van der Waals surface area contributed by atoms with Crippen molar-refractivity contribution < 1.29 is 9.13 Å². The molecule has 0 spiro atoms. The van der Waals surface area contributed by atoms with Gasteiger partial charge in [-0.15, -0.1) is 0 Å². The van der Waals surface area contributed by atoms with Crippen LogP contribution in [0.25, 0.3) is 0 Å². The molecular weight excluding hydrogens is 205 g/mol. The first kappa shape index (κ1) is 10.6. The third-order valence-electron chi connectivity index (χ3n) is 2.19. The van der Waals surface area contributed by atoms with Crippen LogP contribution in [-0.4, -0.2) is 4.98 Å². The topological polar surface area (TPSA) is 22.1 Å². The van der Waals surface area contributed by atoms with Crippen molar-refractivity contribution in [2.45, 2.75) is 13.5 Å². The number of benzene rings is 1. The van der Waals surface area contributed by atoms with Crippen LogP contribution in [0.5, 0.6) is 5.75 Å². The summed E-state index contributed by atoms with van der Waals surface area (Å²) >= 11 is 0. The molecule has 0 radical (unpaired) electrons. The van der Waals surface area contributed by atoms with Crippen LogP contribution in [0, 0.1) is 12.7 Å². The summed E-state index contributed by atoms with van der Waals surface area (Å²) in [4.78, 5) is 3.99. The van der Waals surface area contributed by atoms with Crippen LogP contribution in [0.4, 0.5) is 4.39 Å². The molecule has 0 N–H and O–H groups in total. The van der Waals surface area contributed by atoms with Gasteiger partial charge < -0.3 is 4.74 Å². The van der Waals surface area contributed by atoms with E-state index in [4.69, 9.17) is 4.74 Å². The van der Waals surface area contributed by atoms with Crippen LogP contribution < -0.4 is 4.74 Å². The first-order valence-electron chi connectivity index (χ1n) is 5.04. The lowest BCUT2D eigenvalue weighted by Gasteiger charge is -2.06. The molecule has 0 fully saturated rings. The summed E-state index contributed by atoms with van der Waals surface area (Å²) in [5, 5.41) is 0. The maximum Gasteiger partial charge on any atom is 0.173 e. The third kappa shape index (κ3) is 2.57. The van der Waals surface area contributed by atoms with E-state index in [9.17, 15) is 4.39 Å². The molecule has 1 heterocycles. The zero-order valence-electron chi connectivity index (χ0n) is 8.98. The molecule has 2 nitrogen and oxygen atoms in total. The second-order valence-electron chi connectivity index (χ2n) is 3.53. The molecule has 82 valence electrons. The average molecular weight is 217 g/mol. The van der Waals surface area contributed by atoms with Crippen LogP contribution in [-0.2, 0) is 6.61 Å². The fourth-order valence-corrected chi connectivity index (χ4v) is 1.36. The van der Waals surface area contributed by atoms with Crippen LogP contribution >= 0.6 is 0 Å². The van der Waals surface area contributed by atoms with Gasteiger partial charge in [0.15, 0.2) is 11.6 Å². The number of pyridine rings is 1. The van der Waals surface area contributed by atoms with Crippen LogP contribution in [0.1, 0.15) is 11.3 Å². The van der Waals surface area contributed by atoms with E-state index in [0.717, 1.165) is 5.56 Å². The molecule has 0 saturated carbocycles. The molecule has 1 aromatic heterocycles. The summed E-state index contributed by atoms with van der Waals surface area (Å²) in [7, 11) is 0. The Labute approximate surface area is 93.7 Å². The molecule has 0 saturated heterocycles. The lowest BCUT2D eigenvalue weighted by Crippen LogP contribution is -1.98. The van der Waals surface area contributed by atoms with E-state index < -0.39 is 0 Å². The Morgan fingerprint density at radius 3 is 2.69 bits per heavy atom. The smallest absolute Gasteiger partial charge is 0.173 e. The Hall–Kier alpha value is -1.90. The van der Waals surface area contributed by atoms with E-state index in [1.807, 2.05) is 30.3 Å². The zero-order valence-corrected chi connectivity index (χ0v) is 8.98. The Kier molecular flexibility index (Phi) is 3.15. The van der Waals surface area contributed by atoms with Crippen molar-refractivity contribution in [3.05, 3.63) is 59.7 Å². The van der Waals surface area contributed by atoms with E-state index in [1.54, 1.807) is 6.92 Å². The maximum atomic E-state index is 13.4. The number of ether oxygens (including phenoxy) is 1. The number of aryl methyl sites for hydroxylation is 1. The minimum Gasteiger partial charge on any atom is -0.484 e. The summed E-state index contributed by atoms with van der Waals surface area (Å²) in [6.07, 6.45) is 1.41. The molecule has 2 aromatic rings. The largest absolute Gasteiger partial charge is 0.484 e. The van der Waals surface area contributed by atoms with Crippen molar-refractivity contribution in [3.8, 4) is 5.75 Å². The van der Waals surface area contributed by atoms with Gasteiger partial charge in [0.05, 0.1) is 6.20 Å².